The molecular weight excluding hydrogens is 279 g/mol. The highest BCUT2D eigenvalue weighted by atomic mass is 35.5. The van der Waals surface area contributed by atoms with Crippen molar-refractivity contribution in [1.29, 1.82) is 0 Å². The first-order valence-electron chi connectivity index (χ1n) is 6.41. The van der Waals surface area contributed by atoms with E-state index < -0.39 is 0 Å². The Morgan fingerprint density at radius 2 is 2.05 bits per heavy atom. The van der Waals surface area contributed by atoms with Gasteiger partial charge in [0.15, 0.2) is 0 Å². The minimum atomic E-state index is 0.399. The first-order valence-corrected chi connectivity index (χ1v) is 7.16. The topological polar surface area (TPSA) is 17.0 Å². The molecule has 1 heterocycles. The van der Waals surface area contributed by atoms with Gasteiger partial charge in [-0.2, -0.15) is 0 Å². The average Bonchev–Trinajstić information content (AvgIpc) is 2.84. The van der Waals surface area contributed by atoms with Crippen LogP contribution in [0.4, 0.5) is 0 Å². The van der Waals surface area contributed by atoms with Crippen LogP contribution in [0.5, 0.6) is 0 Å². The van der Waals surface area contributed by atoms with E-state index in [-0.39, 0.29) is 0 Å². The van der Waals surface area contributed by atoms with Gasteiger partial charge in [0, 0.05) is 35.0 Å². The fraction of sp³-hybridized carbons (Fsp3) is 0.333. The molecule has 0 bridgehead atoms. The molecule has 0 saturated carbocycles. The molecule has 1 aromatic heterocycles. The lowest BCUT2D eigenvalue weighted by Gasteiger charge is -2.11. The molecule has 1 N–H and O–H groups in total. The van der Waals surface area contributed by atoms with Gasteiger partial charge in [-0.1, -0.05) is 30.1 Å². The third-order valence-electron chi connectivity index (χ3n) is 3.29. The number of halogens is 2. The van der Waals surface area contributed by atoms with Crippen LogP contribution in [0.1, 0.15) is 30.5 Å². The van der Waals surface area contributed by atoms with E-state index in [0.29, 0.717) is 11.1 Å². The van der Waals surface area contributed by atoms with E-state index in [1.54, 1.807) is 0 Å². The van der Waals surface area contributed by atoms with Gasteiger partial charge in [0.05, 0.1) is 0 Å². The number of benzene rings is 1. The van der Waals surface area contributed by atoms with Crippen molar-refractivity contribution in [3.05, 3.63) is 57.8 Å². The smallest absolute Gasteiger partial charge is 0.0485 e. The van der Waals surface area contributed by atoms with Gasteiger partial charge in [-0.25, -0.2) is 0 Å². The van der Waals surface area contributed by atoms with Crippen LogP contribution in [0.3, 0.4) is 0 Å². The number of aromatic nitrogens is 1. The van der Waals surface area contributed by atoms with Crippen LogP contribution < -0.4 is 5.32 Å². The van der Waals surface area contributed by atoms with Crippen molar-refractivity contribution in [2.45, 2.75) is 25.9 Å². The van der Waals surface area contributed by atoms with Gasteiger partial charge in [0.2, 0.25) is 0 Å². The molecule has 2 nitrogen and oxygen atoms in total. The van der Waals surface area contributed by atoms with Crippen LogP contribution in [-0.2, 0) is 6.54 Å². The third kappa shape index (κ3) is 3.53. The van der Waals surface area contributed by atoms with Crippen molar-refractivity contribution in [3.8, 4) is 0 Å². The summed E-state index contributed by atoms with van der Waals surface area (Å²) in [4.78, 5) is 0. The first kappa shape index (κ1) is 14.4. The van der Waals surface area contributed by atoms with Crippen LogP contribution in [0.15, 0.2) is 36.7 Å². The molecule has 0 fully saturated rings. The summed E-state index contributed by atoms with van der Waals surface area (Å²) in [5, 5.41) is 4.77. The van der Waals surface area contributed by atoms with E-state index in [9.17, 15) is 0 Å². The summed E-state index contributed by atoms with van der Waals surface area (Å²) in [7, 11) is 1.99. The lowest BCUT2D eigenvalue weighted by molar-refractivity contribution is 0.575. The van der Waals surface area contributed by atoms with Gasteiger partial charge < -0.3 is 9.88 Å². The summed E-state index contributed by atoms with van der Waals surface area (Å²) in [6, 6.07) is 8.10. The molecular formula is C15H18Cl2N2. The van der Waals surface area contributed by atoms with Crippen LogP contribution in [0.2, 0.25) is 10.0 Å². The van der Waals surface area contributed by atoms with Crippen molar-refractivity contribution in [2.24, 2.45) is 0 Å². The molecule has 4 heteroatoms. The number of nitrogens with one attached hydrogen (secondary N) is 1. The van der Waals surface area contributed by atoms with Crippen molar-refractivity contribution in [2.75, 3.05) is 7.05 Å². The van der Waals surface area contributed by atoms with Gasteiger partial charge in [0.1, 0.15) is 0 Å². The minimum absolute atomic E-state index is 0.399. The Morgan fingerprint density at radius 1 is 1.26 bits per heavy atom. The second-order valence-corrected chi connectivity index (χ2v) is 5.45. The monoisotopic (exact) mass is 296 g/mol. The lowest BCUT2D eigenvalue weighted by Crippen LogP contribution is -2.14. The maximum absolute atomic E-state index is 6.19. The summed E-state index contributed by atoms with van der Waals surface area (Å²) in [6.45, 7) is 2.91. The highest BCUT2D eigenvalue weighted by molar-refractivity contribution is 6.33. The molecule has 0 spiro atoms. The Bertz CT molecular complexity index is 545. The summed E-state index contributed by atoms with van der Waals surface area (Å²) >= 11 is 12.2. The predicted molar refractivity (Wildman–Crippen MR) is 82.1 cm³/mol. The van der Waals surface area contributed by atoms with E-state index in [0.717, 1.165) is 23.6 Å². The molecule has 1 aromatic carbocycles. The van der Waals surface area contributed by atoms with Gasteiger partial charge in [-0.05, 0) is 48.9 Å². The fourth-order valence-electron chi connectivity index (χ4n) is 2.23. The Labute approximate surface area is 124 Å². The number of hydrogen-bond acceptors (Lipinski definition) is 1. The molecule has 0 aliphatic heterocycles. The Morgan fingerprint density at radius 3 is 2.74 bits per heavy atom. The van der Waals surface area contributed by atoms with Crippen molar-refractivity contribution >= 4 is 23.2 Å². The number of hydrogen-bond donors (Lipinski definition) is 1. The first-order chi connectivity index (χ1) is 9.13. The maximum Gasteiger partial charge on any atom is 0.0485 e. The van der Waals surface area contributed by atoms with Crippen LogP contribution >= 0.6 is 23.2 Å². The van der Waals surface area contributed by atoms with Gasteiger partial charge >= 0.3 is 0 Å². The standard InChI is InChI=1S/C15H18Cl2N2/c1-3-15(18-2)11-6-7-19(9-11)10-12-8-13(16)4-5-14(12)17/h4-9,15,18H,3,10H2,1-2H3. The van der Waals surface area contributed by atoms with Crippen molar-refractivity contribution in [1.82, 2.24) is 9.88 Å². The van der Waals surface area contributed by atoms with E-state index in [4.69, 9.17) is 23.2 Å². The molecule has 0 amide bonds. The largest absolute Gasteiger partial charge is 0.350 e. The maximum atomic E-state index is 6.19. The minimum Gasteiger partial charge on any atom is -0.350 e. The van der Waals surface area contributed by atoms with Crippen LogP contribution in [0, 0.1) is 0 Å². The van der Waals surface area contributed by atoms with E-state index >= 15 is 0 Å². The summed E-state index contributed by atoms with van der Waals surface area (Å²) < 4.78 is 2.13. The molecule has 0 saturated heterocycles. The third-order valence-corrected chi connectivity index (χ3v) is 3.90. The molecule has 0 aliphatic rings. The Balaban J connectivity index is 2.18. The second kappa shape index (κ2) is 6.47. The molecule has 1 atom stereocenters. The molecule has 0 aliphatic carbocycles. The molecule has 0 radical (unpaired) electrons. The predicted octanol–water partition coefficient (Wildman–Crippen LogP) is 4.51. The van der Waals surface area contributed by atoms with E-state index in [1.165, 1.54) is 5.56 Å². The normalized spacial score (nSPS) is 12.6. The highest BCUT2D eigenvalue weighted by Crippen LogP contribution is 2.23. The van der Waals surface area contributed by atoms with Crippen molar-refractivity contribution < 1.29 is 0 Å². The van der Waals surface area contributed by atoms with Crippen molar-refractivity contribution in [3.63, 3.8) is 0 Å². The van der Waals surface area contributed by atoms with Gasteiger partial charge in [-0.15, -0.1) is 0 Å². The number of nitrogens with zero attached hydrogens (tertiary/aromatic N) is 1. The summed E-state index contributed by atoms with van der Waals surface area (Å²) in [6.07, 6.45) is 5.30. The Hall–Kier alpha value is -0.960. The average molecular weight is 297 g/mol. The molecule has 2 rings (SSSR count). The zero-order valence-electron chi connectivity index (χ0n) is 11.2. The summed E-state index contributed by atoms with van der Waals surface area (Å²) in [5.74, 6) is 0. The second-order valence-electron chi connectivity index (χ2n) is 4.60. The number of rotatable bonds is 5. The molecule has 102 valence electrons. The van der Waals surface area contributed by atoms with Crippen LogP contribution in [0.25, 0.3) is 0 Å². The highest BCUT2D eigenvalue weighted by Gasteiger charge is 2.09. The zero-order chi connectivity index (χ0) is 13.8. The van der Waals surface area contributed by atoms with Gasteiger partial charge in [-0.3, -0.25) is 0 Å². The zero-order valence-corrected chi connectivity index (χ0v) is 12.7. The van der Waals surface area contributed by atoms with E-state index in [2.05, 4.69) is 35.3 Å². The van der Waals surface area contributed by atoms with Crippen LogP contribution in [-0.4, -0.2) is 11.6 Å². The molecule has 19 heavy (non-hydrogen) atoms. The summed E-state index contributed by atoms with van der Waals surface area (Å²) in [5.41, 5.74) is 2.33. The quantitative estimate of drug-likeness (QED) is 0.859. The SMILES string of the molecule is CCC(NC)c1ccn(Cc2cc(Cl)ccc2Cl)c1. The lowest BCUT2D eigenvalue weighted by atomic mass is 10.1. The van der Waals surface area contributed by atoms with E-state index in [1.807, 2.05) is 25.2 Å². The fourth-order valence-corrected chi connectivity index (χ4v) is 2.60. The Kier molecular flexibility index (Phi) is 4.92. The molecule has 2 aromatic rings. The molecule has 1 unspecified atom stereocenters. The van der Waals surface area contributed by atoms with Gasteiger partial charge in [0.25, 0.3) is 0 Å².